The molecule has 0 heterocycles. The fourth-order valence-electron chi connectivity index (χ4n) is 2.18. The summed E-state index contributed by atoms with van der Waals surface area (Å²) in [7, 11) is -0.446. The van der Waals surface area contributed by atoms with Crippen LogP contribution < -0.4 is 15.9 Å². The number of hydrogen-bond acceptors (Lipinski definition) is 9. The van der Waals surface area contributed by atoms with Crippen LogP contribution in [0.25, 0.3) is 0 Å². The molecule has 0 amide bonds. The zero-order chi connectivity index (χ0) is 23.6. The van der Waals surface area contributed by atoms with E-state index in [2.05, 4.69) is 91.0 Å². The average molecular weight is 645 g/mol. The van der Waals surface area contributed by atoms with Crippen LogP contribution >= 0.6 is 7.92 Å². The van der Waals surface area contributed by atoms with E-state index in [-0.39, 0.29) is 22.4 Å². The van der Waals surface area contributed by atoms with Gasteiger partial charge >= 0.3 is 22.4 Å². The molecule has 0 aliphatic rings. The average Bonchev–Trinajstić information content (AvgIpc) is 2.69. The molecule has 0 atom stereocenters. The first-order valence-corrected chi connectivity index (χ1v) is 9.39. The Hall–Kier alpha value is -3.57. The van der Waals surface area contributed by atoms with E-state index in [1.807, 2.05) is 0 Å². The Morgan fingerprint density at radius 1 is 0.438 bits per heavy atom. The zero-order valence-electron chi connectivity index (χ0n) is 15.9. The molecule has 12 nitrogen and oxygen atoms in total. The smallest absolute Gasteiger partial charge is 0.356 e. The van der Waals surface area contributed by atoms with Gasteiger partial charge in [0.2, 0.25) is 0 Å². The molecule has 0 aliphatic heterocycles. The van der Waals surface area contributed by atoms with E-state index in [4.69, 9.17) is 46.0 Å². The van der Waals surface area contributed by atoms with Crippen LogP contribution in [-0.4, -0.2) is 15.3 Å². The van der Waals surface area contributed by atoms with Gasteiger partial charge in [-0.3, -0.25) is 0 Å². The Bertz CT molecular complexity index is 788. The van der Waals surface area contributed by atoms with E-state index in [0.717, 1.165) is 0 Å². The number of benzene rings is 3. The van der Waals surface area contributed by atoms with Crippen molar-refractivity contribution in [3.05, 3.63) is 137 Å². The van der Waals surface area contributed by atoms with Crippen molar-refractivity contribution < 1.29 is 37.6 Å². The Balaban J connectivity index is 0. The minimum absolute atomic E-state index is 0. The molecule has 0 aromatic heterocycles. The van der Waals surface area contributed by atoms with E-state index >= 15 is 0 Å². The number of nitrogens with zero attached hydrogens (tertiary/aromatic N) is 3. The quantitative estimate of drug-likeness (QED) is 0.178. The van der Waals surface area contributed by atoms with Gasteiger partial charge in [-0.2, -0.15) is 0 Å². The fraction of sp³-hybridized carbons (Fsp3) is 0. The van der Waals surface area contributed by atoms with Crippen LogP contribution in [0.15, 0.2) is 91.0 Å². The van der Waals surface area contributed by atoms with Crippen molar-refractivity contribution in [2.24, 2.45) is 0 Å². The second-order valence-electron chi connectivity index (χ2n) is 5.01. The summed E-state index contributed by atoms with van der Waals surface area (Å²) in [5.41, 5.74) is 0. The van der Waals surface area contributed by atoms with Crippen LogP contribution in [0, 0.1) is 46.0 Å². The third-order valence-electron chi connectivity index (χ3n) is 3.04. The van der Waals surface area contributed by atoms with E-state index in [1.165, 1.54) is 15.9 Å². The maximum absolute atomic E-state index is 8.25. The molecular weight excluding hydrogens is 630 g/mol. The number of hydrogen-bond donors (Lipinski definition) is 0. The molecule has 0 aliphatic carbocycles. The molecule has 0 unspecified atom stereocenters. The van der Waals surface area contributed by atoms with Gasteiger partial charge in [-0.1, -0.05) is 91.0 Å². The van der Waals surface area contributed by atoms with Crippen LogP contribution in [0.3, 0.4) is 0 Å². The normalized spacial score (nSPS) is 8.53. The summed E-state index contributed by atoms with van der Waals surface area (Å²) in [6.07, 6.45) is 0. The second-order valence-corrected chi connectivity index (χ2v) is 7.23. The largest absolute Gasteiger partial charge is 3.00 e. The molecule has 0 fully saturated rings. The van der Waals surface area contributed by atoms with Crippen LogP contribution in [0.1, 0.15) is 0 Å². The van der Waals surface area contributed by atoms with E-state index in [9.17, 15) is 0 Å². The predicted molar refractivity (Wildman–Crippen MR) is 116 cm³/mol. The third kappa shape index (κ3) is 16.3. The molecule has 0 saturated carbocycles. The van der Waals surface area contributed by atoms with Crippen molar-refractivity contribution in [3.63, 3.8) is 0 Å². The van der Waals surface area contributed by atoms with Crippen LogP contribution in [0.5, 0.6) is 0 Å². The number of rotatable bonds is 3. The van der Waals surface area contributed by atoms with Crippen molar-refractivity contribution in [2.45, 2.75) is 0 Å². The maximum atomic E-state index is 8.25. The van der Waals surface area contributed by atoms with Crippen molar-refractivity contribution in [3.8, 4) is 0 Å². The molecule has 0 saturated heterocycles. The van der Waals surface area contributed by atoms with Crippen LogP contribution in [0.2, 0.25) is 0 Å². The van der Waals surface area contributed by atoms with Gasteiger partial charge in [-0.15, -0.1) is 0 Å². The first-order chi connectivity index (χ1) is 14.6. The summed E-state index contributed by atoms with van der Waals surface area (Å²) in [6.45, 7) is 0. The Morgan fingerprint density at radius 3 is 0.750 bits per heavy atom. The van der Waals surface area contributed by atoms with E-state index < -0.39 is 23.2 Å². The molecule has 0 spiro atoms. The standard InChI is InChI=1S/C18H15P.Au.3NO3/c1-4-10-16(11-5-1)19(17-12-6-2-7-13-17)18-14-8-3-9-15-18;;3*2-1(3)4/h1-15H;;;;/q;+3;3*-1. The molecule has 14 heteroatoms. The molecule has 172 valence electrons. The minimum atomic E-state index is -1.75. The summed E-state index contributed by atoms with van der Waals surface area (Å²) in [5, 5.41) is 48.4. The molecule has 3 aromatic rings. The molecular formula is C18H15AuN3O9P. The topological polar surface area (TPSA) is 199 Å². The zero-order valence-corrected chi connectivity index (χ0v) is 19.0. The molecule has 3 rings (SSSR count). The van der Waals surface area contributed by atoms with Gasteiger partial charge in [0.05, 0.1) is 15.3 Å². The van der Waals surface area contributed by atoms with Gasteiger partial charge in [0, 0.05) is 0 Å². The van der Waals surface area contributed by atoms with Crippen molar-refractivity contribution in [1.82, 2.24) is 0 Å². The second kappa shape index (κ2) is 18.2. The van der Waals surface area contributed by atoms with Crippen molar-refractivity contribution in [2.75, 3.05) is 0 Å². The van der Waals surface area contributed by atoms with Gasteiger partial charge in [0.25, 0.3) is 0 Å². The molecule has 0 bridgehead atoms. The Labute approximate surface area is 198 Å². The summed E-state index contributed by atoms with van der Waals surface area (Å²) in [5.74, 6) is 0. The molecule has 32 heavy (non-hydrogen) atoms. The van der Waals surface area contributed by atoms with Gasteiger partial charge in [-0.05, 0) is 23.8 Å². The Morgan fingerprint density at radius 2 is 0.594 bits per heavy atom. The first-order valence-electron chi connectivity index (χ1n) is 8.05. The SMILES string of the molecule is O=[N+]([O-])[O-].O=[N+]([O-])[O-].O=[N+]([O-])[O-].[Au+3].c1ccc(P(c2ccccc2)c2ccccc2)cc1. The van der Waals surface area contributed by atoms with E-state index in [0.29, 0.717) is 0 Å². The Kier molecular flexibility index (Phi) is 17.4. The van der Waals surface area contributed by atoms with Gasteiger partial charge < -0.3 is 46.0 Å². The fourth-order valence-corrected chi connectivity index (χ4v) is 4.48. The van der Waals surface area contributed by atoms with Crippen molar-refractivity contribution in [1.29, 1.82) is 0 Å². The van der Waals surface area contributed by atoms with Crippen LogP contribution in [0.4, 0.5) is 0 Å². The molecule has 0 radical (unpaired) electrons. The summed E-state index contributed by atoms with van der Waals surface area (Å²) in [6, 6.07) is 32.3. The third-order valence-corrected chi connectivity index (χ3v) is 5.49. The van der Waals surface area contributed by atoms with Gasteiger partial charge in [0.15, 0.2) is 0 Å². The molecule has 3 aromatic carbocycles. The van der Waals surface area contributed by atoms with Gasteiger partial charge in [-0.25, -0.2) is 0 Å². The monoisotopic (exact) mass is 645 g/mol. The summed E-state index contributed by atoms with van der Waals surface area (Å²) in [4.78, 5) is 24.8. The predicted octanol–water partition coefficient (Wildman–Crippen LogP) is 2.73. The first kappa shape index (κ1) is 30.6. The summed E-state index contributed by atoms with van der Waals surface area (Å²) < 4.78 is 0. The summed E-state index contributed by atoms with van der Waals surface area (Å²) >= 11 is 0. The molecule has 0 N–H and O–H groups in total. The van der Waals surface area contributed by atoms with Crippen molar-refractivity contribution >= 4 is 23.8 Å². The maximum Gasteiger partial charge on any atom is 3.00 e. The minimum Gasteiger partial charge on any atom is -0.356 e. The van der Waals surface area contributed by atoms with Crippen LogP contribution in [-0.2, 0) is 22.4 Å². The van der Waals surface area contributed by atoms with Gasteiger partial charge in [0.1, 0.15) is 0 Å². The van der Waals surface area contributed by atoms with E-state index in [1.54, 1.807) is 0 Å².